The van der Waals surface area contributed by atoms with Crippen molar-refractivity contribution in [1.82, 2.24) is 4.98 Å². The van der Waals surface area contributed by atoms with Crippen LogP contribution in [0.1, 0.15) is 23.7 Å². The van der Waals surface area contributed by atoms with Gasteiger partial charge in [-0.15, -0.1) is 0 Å². The molecule has 1 aromatic carbocycles. The Balaban J connectivity index is 2.41. The van der Waals surface area contributed by atoms with Crippen LogP contribution in [-0.4, -0.2) is 4.98 Å². The van der Waals surface area contributed by atoms with E-state index in [1.54, 1.807) is 0 Å². The number of hydrogen-bond acceptors (Lipinski definition) is 1. The maximum absolute atomic E-state index is 6.07. The normalized spacial score (nSPS) is 20.3. The molecule has 3 rings (SSSR count). The molecule has 1 aliphatic carbocycles. The molecule has 0 fully saturated rings. The molecule has 1 aromatic heterocycles. The molecule has 0 radical (unpaired) electrons. The molecule has 14 heavy (non-hydrogen) atoms. The topological polar surface area (TPSA) is 41.8 Å². The number of benzene rings is 1. The van der Waals surface area contributed by atoms with Gasteiger partial charge in [-0.25, -0.2) is 0 Å². The van der Waals surface area contributed by atoms with E-state index in [2.05, 4.69) is 39.1 Å². The van der Waals surface area contributed by atoms with Gasteiger partial charge in [-0.1, -0.05) is 12.1 Å². The fourth-order valence-electron chi connectivity index (χ4n) is 2.32. The second kappa shape index (κ2) is 2.84. The first-order valence-corrected chi connectivity index (χ1v) is 5.61. The number of para-hydroxylation sites is 1. The van der Waals surface area contributed by atoms with E-state index < -0.39 is 0 Å². The standard InChI is InChI=1S/C11H11BrN2/c12-7-3-1-2-6-10-8(13)4-5-9(10)14-11(6)7/h1-3,8,14H,4-5,13H2. The van der Waals surface area contributed by atoms with E-state index in [1.807, 2.05) is 0 Å². The monoisotopic (exact) mass is 250 g/mol. The Hall–Kier alpha value is -0.800. The van der Waals surface area contributed by atoms with Crippen LogP contribution in [0.15, 0.2) is 22.7 Å². The number of halogens is 1. The van der Waals surface area contributed by atoms with Crippen LogP contribution in [-0.2, 0) is 6.42 Å². The Bertz CT molecular complexity index is 501. The first kappa shape index (κ1) is 8.50. The van der Waals surface area contributed by atoms with E-state index in [9.17, 15) is 0 Å². The van der Waals surface area contributed by atoms with Crippen molar-refractivity contribution < 1.29 is 0 Å². The average Bonchev–Trinajstić information content (AvgIpc) is 2.68. The van der Waals surface area contributed by atoms with Crippen LogP contribution >= 0.6 is 15.9 Å². The predicted molar refractivity (Wildman–Crippen MR) is 61.2 cm³/mol. The third-order valence-electron chi connectivity index (χ3n) is 2.98. The number of hydrogen-bond donors (Lipinski definition) is 2. The van der Waals surface area contributed by atoms with Crippen LogP contribution in [0.2, 0.25) is 0 Å². The molecule has 0 aliphatic heterocycles. The first-order valence-electron chi connectivity index (χ1n) is 4.82. The van der Waals surface area contributed by atoms with Gasteiger partial charge in [-0.05, 0) is 40.4 Å². The summed E-state index contributed by atoms with van der Waals surface area (Å²) in [5, 5.41) is 1.28. The lowest BCUT2D eigenvalue weighted by Gasteiger charge is -2.02. The molecule has 1 atom stereocenters. The SMILES string of the molecule is NC1CCc2[nH]c3c(Br)cccc3c21. The maximum atomic E-state index is 6.07. The van der Waals surface area contributed by atoms with Gasteiger partial charge in [0.2, 0.25) is 0 Å². The minimum atomic E-state index is 0.216. The second-order valence-corrected chi connectivity index (χ2v) is 4.68. The Morgan fingerprint density at radius 1 is 1.43 bits per heavy atom. The summed E-state index contributed by atoms with van der Waals surface area (Å²) in [7, 11) is 0. The summed E-state index contributed by atoms with van der Waals surface area (Å²) in [6.07, 6.45) is 2.15. The summed E-state index contributed by atoms with van der Waals surface area (Å²) in [6.45, 7) is 0. The number of nitrogens with one attached hydrogen (secondary N) is 1. The van der Waals surface area contributed by atoms with E-state index in [-0.39, 0.29) is 6.04 Å². The number of rotatable bonds is 0. The van der Waals surface area contributed by atoms with Crippen molar-refractivity contribution in [2.24, 2.45) is 5.73 Å². The highest BCUT2D eigenvalue weighted by Crippen LogP contribution is 2.37. The zero-order valence-electron chi connectivity index (χ0n) is 7.68. The van der Waals surface area contributed by atoms with Gasteiger partial charge in [-0.3, -0.25) is 0 Å². The molecular formula is C11H11BrN2. The molecule has 0 amide bonds. The minimum absolute atomic E-state index is 0.216. The third-order valence-corrected chi connectivity index (χ3v) is 3.64. The van der Waals surface area contributed by atoms with Crippen LogP contribution in [0.3, 0.4) is 0 Å². The molecule has 3 heteroatoms. The number of aromatic nitrogens is 1. The number of fused-ring (bicyclic) bond motifs is 3. The van der Waals surface area contributed by atoms with Crippen molar-refractivity contribution in [1.29, 1.82) is 0 Å². The van der Waals surface area contributed by atoms with E-state index in [0.717, 1.165) is 17.3 Å². The zero-order chi connectivity index (χ0) is 9.71. The fourth-order valence-corrected chi connectivity index (χ4v) is 2.79. The van der Waals surface area contributed by atoms with Crippen LogP contribution in [0.5, 0.6) is 0 Å². The van der Waals surface area contributed by atoms with Gasteiger partial charge in [-0.2, -0.15) is 0 Å². The fraction of sp³-hybridized carbons (Fsp3) is 0.273. The lowest BCUT2D eigenvalue weighted by Crippen LogP contribution is -2.04. The highest BCUT2D eigenvalue weighted by Gasteiger charge is 2.24. The maximum Gasteiger partial charge on any atom is 0.0603 e. The molecular weight excluding hydrogens is 240 g/mol. The smallest absolute Gasteiger partial charge is 0.0603 e. The molecule has 1 unspecified atom stereocenters. The van der Waals surface area contributed by atoms with Gasteiger partial charge < -0.3 is 10.7 Å². The largest absolute Gasteiger partial charge is 0.357 e. The molecule has 0 spiro atoms. The molecule has 0 saturated heterocycles. The van der Waals surface area contributed by atoms with E-state index in [1.165, 1.54) is 22.2 Å². The van der Waals surface area contributed by atoms with Gasteiger partial charge in [0.1, 0.15) is 0 Å². The van der Waals surface area contributed by atoms with Crippen molar-refractivity contribution in [3.8, 4) is 0 Å². The van der Waals surface area contributed by atoms with Crippen molar-refractivity contribution in [3.05, 3.63) is 33.9 Å². The Morgan fingerprint density at radius 2 is 2.29 bits per heavy atom. The Labute approximate surface area is 90.6 Å². The molecule has 2 aromatic rings. The van der Waals surface area contributed by atoms with Crippen LogP contribution < -0.4 is 5.73 Å². The Kier molecular flexibility index (Phi) is 1.73. The van der Waals surface area contributed by atoms with Crippen LogP contribution in [0, 0.1) is 0 Å². The molecule has 2 nitrogen and oxygen atoms in total. The third kappa shape index (κ3) is 0.996. The van der Waals surface area contributed by atoms with Crippen molar-refractivity contribution in [2.45, 2.75) is 18.9 Å². The van der Waals surface area contributed by atoms with Gasteiger partial charge in [0.25, 0.3) is 0 Å². The van der Waals surface area contributed by atoms with Crippen molar-refractivity contribution >= 4 is 26.8 Å². The summed E-state index contributed by atoms with van der Waals surface area (Å²) >= 11 is 3.55. The Morgan fingerprint density at radius 3 is 3.14 bits per heavy atom. The molecule has 1 heterocycles. The lowest BCUT2D eigenvalue weighted by molar-refractivity contribution is 0.714. The summed E-state index contributed by atoms with van der Waals surface area (Å²) in [6, 6.07) is 6.47. The quantitative estimate of drug-likeness (QED) is 0.742. The van der Waals surface area contributed by atoms with Gasteiger partial charge in [0, 0.05) is 21.6 Å². The van der Waals surface area contributed by atoms with E-state index in [0.29, 0.717) is 0 Å². The van der Waals surface area contributed by atoms with E-state index in [4.69, 9.17) is 5.73 Å². The number of H-pyrrole nitrogens is 1. The summed E-state index contributed by atoms with van der Waals surface area (Å²) in [5.41, 5.74) is 9.90. The highest BCUT2D eigenvalue weighted by atomic mass is 79.9. The first-order chi connectivity index (χ1) is 6.77. The van der Waals surface area contributed by atoms with Gasteiger partial charge >= 0.3 is 0 Å². The molecule has 0 saturated carbocycles. The average molecular weight is 251 g/mol. The van der Waals surface area contributed by atoms with Gasteiger partial charge in [0.05, 0.1) is 5.52 Å². The van der Waals surface area contributed by atoms with E-state index >= 15 is 0 Å². The summed E-state index contributed by atoms with van der Waals surface area (Å²) in [5.74, 6) is 0. The summed E-state index contributed by atoms with van der Waals surface area (Å²) < 4.78 is 1.12. The zero-order valence-corrected chi connectivity index (χ0v) is 9.26. The lowest BCUT2D eigenvalue weighted by atomic mass is 10.1. The molecule has 1 aliphatic rings. The summed E-state index contributed by atoms with van der Waals surface area (Å²) in [4.78, 5) is 3.45. The number of aryl methyl sites for hydroxylation is 1. The number of aromatic amines is 1. The second-order valence-electron chi connectivity index (χ2n) is 3.82. The minimum Gasteiger partial charge on any atom is -0.357 e. The van der Waals surface area contributed by atoms with Crippen molar-refractivity contribution in [3.63, 3.8) is 0 Å². The predicted octanol–water partition coefficient (Wildman–Crippen LogP) is 2.88. The van der Waals surface area contributed by atoms with Crippen LogP contribution in [0.25, 0.3) is 10.9 Å². The van der Waals surface area contributed by atoms with Crippen molar-refractivity contribution in [2.75, 3.05) is 0 Å². The molecule has 3 N–H and O–H groups in total. The van der Waals surface area contributed by atoms with Crippen LogP contribution in [0.4, 0.5) is 0 Å². The van der Waals surface area contributed by atoms with Gasteiger partial charge in [0.15, 0.2) is 0 Å². The molecule has 0 bridgehead atoms. The number of nitrogens with two attached hydrogens (primary N) is 1. The highest BCUT2D eigenvalue weighted by molar-refractivity contribution is 9.10. The molecule has 72 valence electrons.